The fourth-order valence-electron chi connectivity index (χ4n) is 3.89. The first kappa shape index (κ1) is 22.5. The molecule has 0 aromatic heterocycles. The number of rotatable bonds is 18. The van der Waals surface area contributed by atoms with Crippen LogP contribution in [-0.4, -0.2) is 25.5 Å². The second kappa shape index (κ2) is 16.9. The van der Waals surface area contributed by atoms with E-state index in [1.807, 2.05) is 0 Å². The summed E-state index contributed by atoms with van der Waals surface area (Å²) in [6, 6.07) is 0. The lowest BCUT2D eigenvalue weighted by Crippen LogP contribution is -2.28. The van der Waals surface area contributed by atoms with Crippen molar-refractivity contribution in [3.05, 3.63) is 0 Å². The van der Waals surface area contributed by atoms with Crippen LogP contribution in [0.2, 0.25) is 0 Å². The van der Waals surface area contributed by atoms with E-state index in [0.29, 0.717) is 5.92 Å². The van der Waals surface area contributed by atoms with Crippen molar-refractivity contribution < 1.29 is 0 Å². The Bertz CT molecular complexity index is 314. The number of hydrogen-bond acceptors (Lipinski definition) is 3. The maximum Gasteiger partial charge on any atom is 0.0996 e. The van der Waals surface area contributed by atoms with Gasteiger partial charge in [0.15, 0.2) is 0 Å². The van der Waals surface area contributed by atoms with Gasteiger partial charge in [-0.3, -0.25) is 4.99 Å². The Balaban J connectivity index is 1.83. The Kier molecular flexibility index (Phi) is 15.2. The van der Waals surface area contributed by atoms with Gasteiger partial charge in [0.2, 0.25) is 0 Å². The molecule has 25 heavy (non-hydrogen) atoms. The first-order valence-corrected chi connectivity index (χ1v) is 11.4. The van der Waals surface area contributed by atoms with Gasteiger partial charge in [-0.15, -0.1) is 0 Å². The van der Waals surface area contributed by atoms with Gasteiger partial charge < -0.3 is 11.1 Å². The second-order valence-corrected chi connectivity index (χ2v) is 7.85. The standard InChI is InChI=1S/C22H45N3/c1-2-3-4-5-6-7-8-9-10-11-12-13-14-15-16-21(17-18-23)22-24-19-20-25-22/h21H,2-20,23H2,1H3,(H,24,25). The first-order chi connectivity index (χ1) is 12.4. The van der Waals surface area contributed by atoms with Crippen LogP contribution in [0.1, 0.15) is 110 Å². The largest absolute Gasteiger partial charge is 0.372 e. The van der Waals surface area contributed by atoms with E-state index in [1.54, 1.807) is 0 Å². The highest BCUT2D eigenvalue weighted by molar-refractivity contribution is 5.85. The van der Waals surface area contributed by atoms with Gasteiger partial charge in [0.25, 0.3) is 0 Å². The van der Waals surface area contributed by atoms with Gasteiger partial charge >= 0.3 is 0 Å². The van der Waals surface area contributed by atoms with Gasteiger partial charge in [0.05, 0.1) is 12.4 Å². The fraction of sp³-hybridized carbons (Fsp3) is 0.955. The molecular weight excluding hydrogens is 306 g/mol. The minimum absolute atomic E-state index is 0.588. The van der Waals surface area contributed by atoms with E-state index in [0.717, 1.165) is 26.1 Å². The fourth-order valence-corrected chi connectivity index (χ4v) is 3.89. The third-order valence-electron chi connectivity index (χ3n) is 5.51. The Morgan fingerprint density at radius 3 is 1.76 bits per heavy atom. The number of aliphatic imine (C=N–C) groups is 1. The van der Waals surface area contributed by atoms with E-state index < -0.39 is 0 Å². The summed E-state index contributed by atoms with van der Waals surface area (Å²) in [5.41, 5.74) is 5.76. The molecule has 0 radical (unpaired) electrons. The molecule has 148 valence electrons. The summed E-state index contributed by atoms with van der Waals surface area (Å²) in [7, 11) is 0. The SMILES string of the molecule is CCCCCCCCCCCCCCCCC(CCN)C1=NCCN1. The summed E-state index contributed by atoms with van der Waals surface area (Å²) >= 11 is 0. The summed E-state index contributed by atoms with van der Waals surface area (Å²) in [6.07, 6.45) is 22.3. The van der Waals surface area contributed by atoms with E-state index in [9.17, 15) is 0 Å². The number of nitrogens with zero attached hydrogens (tertiary/aromatic N) is 1. The zero-order chi connectivity index (χ0) is 18.0. The van der Waals surface area contributed by atoms with Crippen molar-refractivity contribution in [2.24, 2.45) is 16.6 Å². The lowest BCUT2D eigenvalue weighted by atomic mass is 9.95. The topological polar surface area (TPSA) is 50.4 Å². The zero-order valence-corrected chi connectivity index (χ0v) is 17.0. The predicted octanol–water partition coefficient (Wildman–Crippen LogP) is 5.82. The summed E-state index contributed by atoms with van der Waals surface area (Å²) < 4.78 is 0. The van der Waals surface area contributed by atoms with E-state index in [-0.39, 0.29) is 0 Å². The molecule has 3 nitrogen and oxygen atoms in total. The van der Waals surface area contributed by atoms with Crippen molar-refractivity contribution in [1.82, 2.24) is 5.32 Å². The van der Waals surface area contributed by atoms with Crippen molar-refractivity contribution in [3.8, 4) is 0 Å². The molecule has 1 rings (SSSR count). The van der Waals surface area contributed by atoms with E-state index in [1.165, 1.54) is 102 Å². The quantitative estimate of drug-likeness (QED) is 0.305. The van der Waals surface area contributed by atoms with Crippen molar-refractivity contribution in [2.75, 3.05) is 19.6 Å². The number of hydrogen-bond donors (Lipinski definition) is 2. The molecule has 1 atom stereocenters. The molecule has 1 unspecified atom stereocenters. The molecular formula is C22H45N3. The van der Waals surface area contributed by atoms with Crippen LogP contribution < -0.4 is 11.1 Å². The normalized spacial score (nSPS) is 15.2. The smallest absolute Gasteiger partial charge is 0.0996 e. The van der Waals surface area contributed by atoms with E-state index in [2.05, 4.69) is 17.2 Å². The highest BCUT2D eigenvalue weighted by Gasteiger charge is 2.17. The van der Waals surface area contributed by atoms with Crippen LogP contribution in [0.15, 0.2) is 4.99 Å². The van der Waals surface area contributed by atoms with Gasteiger partial charge in [-0.25, -0.2) is 0 Å². The third kappa shape index (κ3) is 12.4. The van der Waals surface area contributed by atoms with Gasteiger partial charge in [-0.1, -0.05) is 96.8 Å². The first-order valence-electron chi connectivity index (χ1n) is 11.4. The van der Waals surface area contributed by atoms with E-state index in [4.69, 9.17) is 5.73 Å². The summed E-state index contributed by atoms with van der Waals surface area (Å²) in [4.78, 5) is 4.59. The molecule has 3 heteroatoms. The van der Waals surface area contributed by atoms with Crippen LogP contribution in [0.25, 0.3) is 0 Å². The Hall–Kier alpha value is -0.570. The van der Waals surface area contributed by atoms with E-state index >= 15 is 0 Å². The number of amidine groups is 1. The molecule has 0 amide bonds. The molecule has 0 aromatic carbocycles. The van der Waals surface area contributed by atoms with Gasteiger partial charge in [0.1, 0.15) is 0 Å². The van der Waals surface area contributed by atoms with Gasteiger partial charge in [0, 0.05) is 12.5 Å². The van der Waals surface area contributed by atoms with Crippen molar-refractivity contribution in [1.29, 1.82) is 0 Å². The Labute approximate surface area is 157 Å². The summed E-state index contributed by atoms with van der Waals surface area (Å²) in [6.45, 7) is 5.05. The second-order valence-electron chi connectivity index (χ2n) is 7.85. The van der Waals surface area contributed by atoms with Crippen LogP contribution in [0.4, 0.5) is 0 Å². The minimum Gasteiger partial charge on any atom is -0.372 e. The zero-order valence-electron chi connectivity index (χ0n) is 17.0. The maximum atomic E-state index is 5.76. The molecule has 0 spiro atoms. The van der Waals surface area contributed by atoms with Crippen LogP contribution in [0, 0.1) is 5.92 Å². The predicted molar refractivity (Wildman–Crippen MR) is 112 cm³/mol. The monoisotopic (exact) mass is 351 g/mol. The highest BCUT2D eigenvalue weighted by Crippen LogP contribution is 2.18. The molecule has 1 aliphatic rings. The molecule has 3 N–H and O–H groups in total. The number of unbranched alkanes of at least 4 members (excludes halogenated alkanes) is 13. The van der Waals surface area contributed by atoms with Crippen molar-refractivity contribution in [3.63, 3.8) is 0 Å². The van der Waals surface area contributed by atoms with Crippen molar-refractivity contribution in [2.45, 2.75) is 110 Å². The molecule has 0 aromatic rings. The molecule has 0 aliphatic carbocycles. The molecule has 0 bridgehead atoms. The third-order valence-corrected chi connectivity index (χ3v) is 5.51. The van der Waals surface area contributed by atoms with Crippen LogP contribution >= 0.6 is 0 Å². The average Bonchev–Trinajstić information content (AvgIpc) is 3.15. The molecule has 0 saturated carbocycles. The van der Waals surface area contributed by atoms with Crippen LogP contribution in [-0.2, 0) is 0 Å². The summed E-state index contributed by atoms with van der Waals surface area (Å²) in [5, 5.41) is 3.44. The Morgan fingerprint density at radius 1 is 0.800 bits per heavy atom. The molecule has 0 fully saturated rings. The minimum atomic E-state index is 0.588. The summed E-state index contributed by atoms with van der Waals surface area (Å²) in [5.74, 6) is 1.82. The van der Waals surface area contributed by atoms with Crippen LogP contribution in [0.5, 0.6) is 0 Å². The van der Waals surface area contributed by atoms with Crippen molar-refractivity contribution >= 4 is 5.84 Å². The lowest BCUT2D eigenvalue weighted by Gasteiger charge is -2.16. The highest BCUT2D eigenvalue weighted by atomic mass is 15.1. The average molecular weight is 352 g/mol. The Morgan fingerprint density at radius 2 is 1.32 bits per heavy atom. The van der Waals surface area contributed by atoms with Gasteiger partial charge in [-0.05, 0) is 19.4 Å². The maximum absolute atomic E-state index is 5.76. The van der Waals surface area contributed by atoms with Crippen LogP contribution in [0.3, 0.4) is 0 Å². The molecule has 1 aliphatic heterocycles. The van der Waals surface area contributed by atoms with Gasteiger partial charge in [-0.2, -0.15) is 0 Å². The number of nitrogens with two attached hydrogens (primary N) is 1. The molecule has 0 saturated heterocycles. The lowest BCUT2D eigenvalue weighted by molar-refractivity contribution is 0.502. The molecule has 1 heterocycles. The number of nitrogens with one attached hydrogen (secondary N) is 1.